The lowest BCUT2D eigenvalue weighted by Gasteiger charge is -2.40. The molecule has 12 heteroatoms. The second-order valence-corrected chi connectivity index (χ2v) is 11.7. The number of alkyl halides is 3. The molecule has 1 atom stereocenters. The van der Waals surface area contributed by atoms with E-state index in [0.717, 1.165) is 17.4 Å². The lowest BCUT2D eigenvalue weighted by molar-refractivity contribution is -0.138. The van der Waals surface area contributed by atoms with Crippen LogP contribution in [-0.2, 0) is 21.2 Å². The minimum Gasteiger partial charge on any atom is -0.493 e. The highest BCUT2D eigenvalue weighted by Crippen LogP contribution is 2.47. The van der Waals surface area contributed by atoms with Crippen molar-refractivity contribution < 1.29 is 37.3 Å². The van der Waals surface area contributed by atoms with Crippen LogP contribution in [0.3, 0.4) is 0 Å². The summed E-state index contributed by atoms with van der Waals surface area (Å²) in [4.78, 5) is 14.8. The molecule has 1 aromatic carbocycles. The molecule has 0 aliphatic carbocycles. The number of aliphatic hydroxyl groups is 1. The molecular formula is C26H36F3N3O5S. The monoisotopic (exact) mass is 559 g/mol. The molecule has 0 bridgehead atoms. The molecule has 1 amide bonds. The van der Waals surface area contributed by atoms with E-state index in [9.17, 15) is 18.0 Å². The minimum atomic E-state index is -4.63. The van der Waals surface area contributed by atoms with Gasteiger partial charge in [0.1, 0.15) is 32.6 Å². The van der Waals surface area contributed by atoms with Gasteiger partial charge in [-0.3, -0.25) is 4.90 Å². The third-order valence-electron chi connectivity index (χ3n) is 6.21. The van der Waals surface area contributed by atoms with Crippen LogP contribution in [0.5, 0.6) is 5.75 Å². The topological polar surface area (TPSA) is 94.0 Å². The van der Waals surface area contributed by atoms with Crippen molar-refractivity contribution in [2.45, 2.75) is 90.3 Å². The van der Waals surface area contributed by atoms with E-state index in [1.54, 1.807) is 34.6 Å². The van der Waals surface area contributed by atoms with Crippen LogP contribution in [0.15, 0.2) is 18.2 Å². The Morgan fingerprint density at radius 1 is 1.18 bits per heavy atom. The van der Waals surface area contributed by atoms with E-state index < -0.39 is 34.7 Å². The summed E-state index contributed by atoms with van der Waals surface area (Å²) in [5.41, 5.74) is -3.39. The zero-order chi connectivity index (χ0) is 28.4. The number of nitrogens with zero attached hydrogens (tertiary/aromatic N) is 3. The number of hydrogen-bond donors (Lipinski definition) is 1. The number of rotatable bonds is 9. The Bertz CT molecular complexity index is 1120. The van der Waals surface area contributed by atoms with Gasteiger partial charge in [0.05, 0.1) is 18.8 Å². The molecule has 1 saturated heterocycles. The molecule has 3 rings (SSSR count). The average molecular weight is 560 g/mol. The van der Waals surface area contributed by atoms with Gasteiger partial charge in [0.25, 0.3) is 0 Å². The Hall–Kier alpha value is -2.44. The summed E-state index contributed by atoms with van der Waals surface area (Å²) in [6, 6.07) is 3.81. The summed E-state index contributed by atoms with van der Waals surface area (Å²) in [7, 11) is 0. The second-order valence-electron chi connectivity index (χ2n) is 10.7. The number of ether oxygens (including phenoxy) is 3. The molecule has 1 fully saturated rings. The van der Waals surface area contributed by atoms with E-state index in [0.29, 0.717) is 30.7 Å². The first-order valence-corrected chi connectivity index (χ1v) is 13.4. The standard InChI is InChI=1S/C26H36F3N3O5S/c1-7-25(16-36-24(5,6)32(25)22(34)37-23(2,3)4)21-31-30-20(38-21)17-11-12-19(18(15-17)26(27,28)29)35-14-10-8-9-13-33/h11-12,15,33H,7-10,13-14,16H2,1-6H3. The van der Waals surface area contributed by atoms with Gasteiger partial charge in [0.2, 0.25) is 0 Å². The zero-order valence-electron chi connectivity index (χ0n) is 22.6. The van der Waals surface area contributed by atoms with E-state index in [4.69, 9.17) is 19.3 Å². The summed E-state index contributed by atoms with van der Waals surface area (Å²) in [6.07, 6.45) is -3.01. The molecule has 1 aliphatic heterocycles. The number of benzene rings is 1. The van der Waals surface area contributed by atoms with E-state index in [2.05, 4.69) is 10.2 Å². The fourth-order valence-corrected chi connectivity index (χ4v) is 5.40. The molecule has 1 aromatic heterocycles. The summed E-state index contributed by atoms with van der Waals surface area (Å²) >= 11 is 1.12. The van der Waals surface area contributed by atoms with Crippen LogP contribution in [0, 0.1) is 0 Å². The smallest absolute Gasteiger partial charge is 0.419 e. The molecule has 1 unspecified atom stereocenters. The van der Waals surface area contributed by atoms with Crippen LogP contribution in [0.1, 0.15) is 77.8 Å². The molecule has 0 radical (unpaired) electrons. The van der Waals surface area contributed by atoms with Gasteiger partial charge in [-0.25, -0.2) is 4.79 Å². The van der Waals surface area contributed by atoms with Crippen molar-refractivity contribution in [1.29, 1.82) is 0 Å². The normalized spacial score (nSPS) is 19.6. The highest BCUT2D eigenvalue weighted by molar-refractivity contribution is 7.14. The van der Waals surface area contributed by atoms with Crippen LogP contribution in [0.4, 0.5) is 18.0 Å². The Balaban J connectivity index is 1.94. The van der Waals surface area contributed by atoms with Crippen LogP contribution >= 0.6 is 11.3 Å². The van der Waals surface area contributed by atoms with Gasteiger partial charge in [-0.2, -0.15) is 13.2 Å². The largest absolute Gasteiger partial charge is 0.493 e. The van der Waals surface area contributed by atoms with Gasteiger partial charge in [-0.1, -0.05) is 18.3 Å². The molecule has 1 aliphatic rings. The highest BCUT2D eigenvalue weighted by Gasteiger charge is 2.57. The molecule has 38 heavy (non-hydrogen) atoms. The van der Waals surface area contributed by atoms with Crippen molar-refractivity contribution in [3.05, 3.63) is 28.8 Å². The number of aliphatic hydroxyl groups excluding tert-OH is 1. The maximum absolute atomic E-state index is 13.9. The van der Waals surface area contributed by atoms with E-state index in [1.165, 1.54) is 17.0 Å². The lowest BCUT2D eigenvalue weighted by atomic mass is 9.96. The van der Waals surface area contributed by atoms with Gasteiger partial charge in [-0.05, 0) is 78.5 Å². The predicted molar refractivity (Wildman–Crippen MR) is 137 cm³/mol. The van der Waals surface area contributed by atoms with Gasteiger partial charge >= 0.3 is 12.3 Å². The molecule has 1 N–H and O–H groups in total. The Labute approximate surface area is 225 Å². The van der Waals surface area contributed by atoms with Crippen molar-refractivity contribution in [2.24, 2.45) is 0 Å². The van der Waals surface area contributed by atoms with E-state index >= 15 is 0 Å². The van der Waals surface area contributed by atoms with Crippen molar-refractivity contribution in [2.75, 3.05) is 19.8 Å². The fourth-order valence-electron chi connectivity index (χ4n) is 4.32. The van der Waals surface area contributed by atoms with Gasteiger partial charge < -0.3 is 19.3 Å². The predicted octanol–water partition coefficient (Wildman–Crippen LogP) is 6.37. The highest BCUT2D eigenvalue weighted by atomic mass is 32.1. The molecule has 8 nitrogen and oxygen atoms in total. The Morgan fingerprint density at radius 2 is 1.89 bits per heavy atom. The van der Waals surface area contributed by atoms with Crippen molar-refractivity contribution in [1.82, 2.24) is 15.1 Å². The molecule has 212 valence electrons. The molecule has 2 heterocycles. The van der Waals surface area contributed by atoms with Gasteiger partial charge in [0.15, 0.2) is 0 Å². The van der Waals surface area contributed by atoms with Crippen LogP contribution in [0.25, 0.3) is 10.6 Å². The summed E-state index contributed by atoms with van der Waals surface area (Å²) in [5, 5.41) is 18.1. The average Bonchev–Trinajstić information content (AvgIpc) is 3.40. The van der Waals surface area contributed by atoms with Crippen molar-refractivity contribution in [3.8, 4) is 16.3 Å². The minimum absolute atomic E-state index is 0.0325. The maximum Gasteiger partial charge on any atom is 0.419 e. The van der Waals surface area contributed by atoms with Crippen LogP contribution in [0.2, 0.25) is 0 Å². The third kappa shape index (κ3) is 6.58. The van der Waals surface area contributed by atoms with Crippen LogP contribution < -0.4 is 4.74 Å². The fraction of sp³-hybridized carbons (Fsp3) is 0.654. The Kier molecular flexibility index (Phi) is 8.99. The quantitative estimate of drug-likeness (QED) is 0.357. The third-order valence-corrected chi connectivity index (χ3v) is 7.37. The summed E-state index contributed by atoms with van der Waals surface area (Å²) in [6.45, 7) is 11.0. The zero-order valence-corrected chi connectivity index (χ0v) is 23.5. The number of halogens is 3. The first kappa shape index (κ1) is 30.1. The van der Waals surface area contributed by atoms with Crippen LogP contribution in [-0.4, -0.2) is 57.4 Å². The molecular weight excluding hydrogens is 523 g/mol. The summed E-state index contributed by atoms with van der Waals surface area (Å²) in [5.74, 6) is -0.262. The molecule has 0 spiro atoms. The summed E-state index contributed by atoms with van der Waals surface area (Å²) < 4.78 is 58.7. The number of amides is 1. The Morgan fingerprint density at radius 3 is 2.50 bits per heavy atom. The molecule has 0 saturated carbocycles. The van der Waals surface area contributed by atoms with Crippen molar-refractivity contribution >= 4 is 17.4 Å². The number of carbonyl (C=O) groups is 1. The SMILES string of the molecule is CCC1(c2nnc(-c3ccc(OCCCCCO)c(C(F)(F)F)c3)s2)COC(C)(C)N1C(=O)OC(C)(C)C. The number of carbonyl (C=O) groups excluding carboxylic acids is 1. The second kappa shape index (κ2) is 11.4. The van der Waals surface area contributed by atoms with Gasteiger partial charge in [0, 0.05) is 12.2 Å². The molecule has 2 aromatic rings. The first-order valence-electron chi connectivity index (χ1n) is 12.6. The number of hydrogen-bond acceptors (Lipinski definition) is 8. The number of aromatic nitrogens is 2. The van der Waals surface area contributed by atoms with E-state index in [-0.39, 0.29) is 36.1 Å². The van der Waals surface area contributed by atoms with Gasteiger partial charge in [-0.15, -0.1) is 10.2 Å². The lowest BCUT2D eigenvalue weighted by Crippen LogP contribution is -2.55. The first-order chi connectivity index (χ1) is 17.6. The number of unbranched alkanes of at least 4 members (excludes halogenated alkanes) is 2. The van der Waals surface area contributed by atoms with E-state index in [1.807, 2.05) is 6.92 Å². The maximum atomic E-state index is 13.9. The van der Waals surface area contributed by atoms with Crippen molar-refractivity contribution in [3.63, 3.8) is 0 Å².